The molecule has 1 aromatic rings. The molecule has 15 heavy (non-hydrogen) atoms. The highest BCUT2D eigenvalue weighted by atomic mass is 16.4. The second kappa shape index (κ2) is 3.88. The van der Waals surface area contributed by atoms with Crippen molar-refractivity contribution in [1.82, 2.24) is 4.98 Å². The molecule has 1 atom stereocenters. The summed E-state index contributed by atoms with van der Waals surface area (Å²) in [6, 6.07) is 3.28. The van der Waals surface area contributed by atoms with Gasteiger partial charge < -0.3 is 10.4 Å². The highest BCUT2D eigenvalue weighted by Crippen LogP contribution is 2.21. The van der Waals surface area contributed by atoms with E-state index in [4.69, 9.17) is 5.11 Å². The standard InChI is InChI=1S/C11H14N2O2/c1-7(11(14)15)12-10-6-5-8-3-2-4-9(8)13-10/h5-7H,2-4H2,1H3,(H,12,13)(H,14,15). The summed E-state index contributed by atoms with van der Waals surface area (Å²) in [5.74, 6) is -0.206. The van der Waals surface area contributed by atoms with Gasteiger partial charge >= 0.3 is 5.97 Å². The molecule has 0 amide bonds. The molecule has 80 valence electrons. The van der Waals surface area contributed by atoms with Crippen LogP contribution in [0.4, 0.5) is 5.82 Å². The first-order valence-corrected chi connectivity index (χ1v) is 5.15. The molecule has 1 aliphatic rings. The van der Waals surface area contributed by atoms with Gasteiger partial charge in [0.2, 0.25) is 0 Å². The molecule has 2 rings (SSSR count). The molecule has 1 heterocycles. The van der Waals surface area contributed by atoms with E-state index in [2.05, 4.69) is 10.3 Å². The highest BCUT2D eigenvalue weighted by molar-refractivity contribution is 5.76. The Hall–Kier alpha value is -1.58. The number of carboxylic acids is 1. The van der Waals surface area contributed by atoms with E-state index in [9.17, 15) is 4.79 Å². The van der Waals surface area contributed by atoms with Crippen molar-refractivity contribution in [3.63, 3.8) is 0 Å². The van der Waals surface area contributed by atoms with Gasteiger partial charge in [0.15, 0.2) is 0 Å². The predicted octanol–water partition coefficient (Wildman–Crippen LogP) is 1.46. The lowest BCUT2D eigenvalue weighted by Gasteiger charge is -2.10. The van der Waals surface area contributed by atoms with Gasteiger partial charge in [-0.15, -0.1) is 0 Å². The number of nitrogens with one attached hydrogen (secondary N) is 1. The van der Waals surface area contributed by atoms with Crippen molar-refractivity contribution in [2.75, 3.05) is 5.32 Å². The summed E-state index contributed by atoms with van der Waals surface area (Å²) >= 11 is 0. The van der Waals surface area contributed by atoms with Gasteiger partial charge in [-0.1, -0.05) is 6.07 Å². The number of anilines is 1. The van der Waals surface area contributed by atoms with Gasteiger partial charge in [0.1, 0.15) is 11.9 Å². The fourth-order valence-electron chi connectivity index (χ4n) is 1.78. The zero-order chi connectivity index (χ0) is 10.8. The number of rotatable bonds is 3. The van der Waals surface area contributed by atoms with Crippen LogP contribution in [0, 0.1) is 0 Å². The van der Waals surface area contributed by atoms with Crippen molar-refractivity contribution in [1.29, 1.82) is 0 Å². The van der Waals surface area contributed by atoms with E-state index in [1.54, 1.807) is 6.92 Å². The molecular weight excluding hydrogens is 192 g/mol. The molecule has 0 bridgehead atoms. The van der Waals surface area contributed by atoms with Crippen molar-refractivity contribution in [3.8, 4) is 0 Å². The molecule has 0 aliphatic heterocycles. The zero-order valence-corrected chi connectivity index (χ0v) is 8.66. The lowest BCUT2D eigenvalue weighted by Crippen LogP contribution is -2.25. The van der Waals surface area contributed by atoms with Gasteiger partial charge in [-0.05, 0) is 37.8 Å². The summed E-state index contributed by atoms with van der Waals surface area (Å²) in [7, 11) is 0. The van der Waals surface area contributed by atoms with Crippen molar-refractivity contribution in [2.45, 2.75) is 32.2 Å². The SMILES string of the molecule is CC(Nc1ccc2c(n1)CCC2)C(=O)O. The number of pyridine rings is 1. The highest BCUT2D eigenvalue weighted by Gasteiger charge is 2.15. The predicted molar refractivity (Wildman–Crippen MR) is 57.0 cm³/mol. The molecule has 0 radical (unpaired) electrons. The Morgan fingerprint density at radius 1 is 1.53 bits per heavy atom. The first kappa shape index (κ1) is 9.96. The second-order valence-electron chi connectivity index (χ2n) is 3.86. The van der Waals surface area contributed by atoms with Gasteiger partial charge in [-0.2, -0.15) is 0 Å². The van der Waals surface area contributed by atoms with Gasteiger partial charge in [0, 0.05) is 5.69 Å². The van der Waals surface area contributed by atoms with Crippen LogP contribution < -0.4 is 5.32 Å². The third kappa shape index (κ3) is 2.09. The Kier molecular flexibility index (Phi) is 2.58. The van der Waals surface area contributed by atoms with Crippen molar-refractivity contribution >= 4 is 11.8 Å². The van der Waals surface area contributed by atoms with E-state index in [-0.39, 0.29) is 0 Å². The van der Waals surface area contributed by atoms with Crippen LogP contribution in [0.5, 0.6) is 0 Å². The Balaban J connectivity index is 2.13. The van der Waals surface area contributed by atoms with Crippen molar-refractivity contribution in [2.24, 2.45) is 0 Å². The molecule has 1 aliphatic carbocycles. The number of hydrogen-bond acceptors (Lipinski definition) is 3. The maximum absolute atomic E-state index is 10.6. The Bertz CT molecular complexity index is 390. The van der Waals surface area contributed by atoms with Crippen LogP contribution in [0.2, 0.25) is 0 Å². The normalized spacial score (nSPS) is 15.8. The first-order chi connectivity index (χ1) is 7.16. The quantitative estimate of drug-likeness (QED) is 0.785. The van der Waals surface area contributed by atoms with E-state index >= 15 is 0 Å². The fourth-order valence-corrected chi connectivity index (χ4v) is 1.78. The van der Waals surface area contributed by atoms with Crippen LogP contribution in [0.1, 0.15) is 24.6 Å². The Morgan fingerprint density at radius 3 is 3.07 bits per heavy atom. The van der Waals surface area contributed by atoms with Gasteiger partial charge in [-0.25, -0.2) is 4.98 Å². The molecule has 2 N–H and O–H groups in total. The average Bonchev–Trinajstić information content (AvgIpc) is 2.64. The molecule has 0 saturated carbocycles. The second-order valence-corrected chi connectivity index (χ2v) is 3.86. The molecule has 0 aromatic carbocycles. The minimum absolute atomic E-state index is 0.600. The van der Waals surface area contributed by atoms with Crippen molar-refractivity contribution in [3.05, 3.63) is 23.4 Å². The number of aliphatic carboxylic acids is 1. The van der Waals surface area contributed by atoms with Gasteiger partial charge in [0.25, 0.3) is 0 Å². The number of nitrogens with zero attached hydrogens (tertiary/aromatic N) is 1. The minimum atomic E-state index is -0.864. The van der Waals surface area contributed by atoms with E-state index in [0.29, 0.717) is 5.82 Å². The van der Waals surface area contributed by atoms with E-state index < -0.39 is 12.0 Å². The molecule has 0 fully saturated rings. The van der Waals surface area contributed by atoms with Crippen LogP contribution in [-0.4, -0.2) is 22.1 Å². The fraction of sp³-hybridized carbons (Fsp3) is 0.455. The molecule has 4 nitrogen and oxygen atoms in total. The first-order valence-electron chi connectivity index (χ1n) is 5.15. The molecule has 0 spiro atoms. The van der Waals surface area contributed by atoms with Crippen LogP contribution in [0.15, 0.2) is 12.1 Å². The summed E-state index contributed by atoms with van der Waals surface area (Å²) in [4.78, 5) is 15.0. The van der Waals surface area contributed by atoms with E-state index in [1.807, 2.05) is 12.1 Å². The molecule has 4 heteroatoms. The number of hydrogen-bond donors (Lipinski definition) is 2. The van der Waals surface area contributed by atoms with Crippen molar-refractivity contribution < 1.29 is 9.90 Å². The Labute approximate surface area is 88.3 Å². The summed E-state index contributed by atoms with van der Waals surface area (Å²) < 4.78 is 0. The van der Waals surface area contributed by atoms with E-state index in [1.165, 1.54) is 5.56 Å². The topological polar surface area (TPSA) is 62.2 Å². The summed E-state index contributed by atoms with van der Waals surface area (Å²) in [5.41, 5.74) is 2.40. The molecule has 1 aromatic heterocycles. The number of aryl methyl sites for hydroxylation is 2. The smallest absolute Gasteiger partial charge is 0.325 e. The van der Waals surface area contributed by atoms with Crippen LogP contribution in [0.3, 0.4) is 0 Å². The van der Waals surface area contributed by atoms with Crippen LogP contribution in [0.25, 0.3) is 0 Å². The maximum Gasteiger partial charge on any atom is 0.325 e. The number of carboxylic acid groups (broad SMARTS) is 1. The largest absolute Gasteiger partial charge is 0.480 e. The third-order valence-electron chi connectivity index (χ3n) is 2.66. The lowest BCUT2D eigenvalue weighted by atomic mass is 10.2. The van der Waals surface area contributed by atoms with Crippen LogP contribution in [-0.2, 0) is 17.6 Å². The average molecular weight is 206 g/mol. The van der Waals surface area contributed by atoms with Gasteiger partial charge in [0.05, 0.1) is 0 Å². The number of fused-ring (bicyclic) bond motifs is 1. The molecule has 0 saturated heterocycles. The molecular formula is C11H14N2O2. The third-order valence-corrected chi connectivity index (χ3v) is 2.66. The number of aromatic nitrogens is 1. The maximum atomic E-state index is 10.6. The summed E-state index contributed by atoms with van der Waals surface area (Å²) in [6.07, 6.45) is 3.25. The van der Waals surface area contributed by atoms with Crippen LogP contribution >= 0.6 is 0 Å². The van der Waals surface area contributed by atoms with Gasteiger partial charge in [-0.3, -0.25) is 4.79 Å². The summed E-state index contributed by atoms with van der Waals surface area (Å²) in [5, 5.41) is 11.6. The zero-order valence-electron chi connectivity index (χ0n) is 8.66. The van der Waals surface area contributed by atoms with E-state index in [0.717, 1.165) is 25.0 Å². The summed E-state index contributed by atoms with van der Waals surface area (Å²) in [6.45, 7) is 1.61. The number of carbonyl (C=O) groups is 1. The molecule has 1 unspecified atom stereocenters. The lowest BCUT2D eigenvalue weighted by molar-refractivity contribution is -0.137. The Morgan fingerprint density at radius 2 is 2.33 bits per heavy atom. The minimum Gasteiger partial charge on any atom is -0.480 e. The monoisotopic (exact) mass is 206 g/mol.